The van der Waals surface area contributed by atoms with E-state index in [-0.39, 0.29) is 0 Å². The van der Waals surface area contributed by atoms with Crippen molar-refractivity contribution in [2.45, 2.75) is 24.7 Å². The molecule has 1 aliphatic carbocycles. The van der Waals surface area contributed by atoms with E-state index in [4.69, 9.17) is 5.73 Å². The number of nitrogens with two attached hydrogens (primary N) is 1. The number of H-pyrrole nitrogens is 1. The molecule has 1 aliphatic rings. The molecular weight excluding hydrogens is 136 g/mol. The van der Waals surface area contributed by atoms with E-state index in [0.717, 1.165) is 13.0 Å². The SMILES string of the molecule is NCCC1(c2ccc[nH]2)CC1. The summed E-state index contributed by atoms with van der Waals surface area (Å²) in [7, 11) is 0. The van der Waals surface area contributed by atoms with Gasteiger partial charge in [-0.1, -0.05) is 0 Å². The van der Waals surface area contributed by atoms with Gasteiger partial charge in [-0.15, -0.1) is 0 Å². The van der Waals surface area contributed by atoms with Gasteiger partial charge in [0.25, 0.3) is 0 Å². The number of aromatic nitrogens is 1. The summed E-state index contributed by atoms with van der Waals surface area (Å²) in [4.78, 5) is 3.27. The third-order valence-corrected chi connectivity index (χ3v) is 2.65. The Morgan fingerprint density at radius 3 is 2.82 bits per heavy atom. The van der Waals surface area contributed by atoms with Crippen LogP contribution in [0.25, 0.3) is 0 Å². The van der Waals surface area contributed by atoms with Gasteiger partial charge in [-0.2, -0.15) is 0 Å². The molecule has 0 spiro atoms. The van der Waals surface area contributed by atoms with Gasteiger partial charge in [0.05, 0.1) is 0 Å². The Bertz CT molecular complexity index is 222. The molecule has 2 rings (SSSR count). The van der Waals surface area contributed by atoms with E-state index in [2.05, 4.69) is 17.1 Å². The Kier molecular flexibility index (Phi) is 1.50. The van der Waals surface area contributed by atoms with Gasteiger partial charge in [-0.25, -0.2) is 0 Å². The lowest BCUT2D eigenvalue weighted by Gasteiger charge is -2.10. The van der Waals surface area contributed by atoms with Crippen LogP contribution in [0, 0.1) is 0 Å². The molecule has 0 aliphatic heterocycles. The fraction of sp³-hybridized carbons (Fsp3) is 0.556. The van der Waals surface area contributed by atoms with Crippen LogP contribution in [0.1, 0.15) is 25.0 Å². The third-order valence-electron chi connectivity index (χ3n) is 2.65. The molecule has 1 saturated carbocycles. The van der Waals surface area contributed by atoms with Gasteiger partial charge in [-0.3, -0.25) is 0 Å². The maximum atomic E-state index is 5.55. The van der Waals surface area contributed by atoms with Crippen molar-refractivity contribution in [2.75, 3.05) is 6.54 Å². The summed E-state index contributed by atoms with van der Waals surface area (Å²) in [5, 5.41) is 0. The molecule has 2 nitrogen and oxygen atoms in total. The lowest BCUT2D eigenvalue weighted by molar-refractivity contribution is 0.614. The molecule has 1 aromatic heterocycles. The Balaban J connectivity index is 2.15. The Morgan fingerprint density at radius 1 is 1.55 bits per heavy atom. The molecule has 0 unspecified atom stereocenters. The van der Waals surface area contributed by atoms with Crippen LogP contribution in [0.15, 0.2) is 18.3 Å². The summed E-state index contributed by atoms with van der Waals surface area (Å²) < 4.78 is 0. The minimum Gasteiger partial charge on any atom is -0.365 e. The second kappa shape index (κ2) is 2.38. The number of aromatic amines is 1. The Labute approximate surface area is 66.8 Å². The smallest absolute Gasteiger partial charge is 0.0210 e. The van der Waals surface area contributed by atoms with Crippen molar-refractivity contribution >= 4 is 0 Å². The van der Waals surface area contributed by atoms with Crippen LogP contribution >= 0.6 is 0 Å². The maximum absolute atomic E-state index is 5.55. The van der Waals surface area contributed by atoms with Crippen molar-refractivity contribution in [3.8, 4) is 0 Å². The van der Waals surface area contributed by atoms with Crippen LogP contribution in [0.3, 0.4) is 0 Å². The van der Waals surface area contributed by atoms with Crippen molar-refractivity contribution in [1.82, 2.24) is 4.98 Å². The molecular formula is C9H14N2. The number of rotatable bonds is 3. The number of hydrogen-bond acceptors (Lipinski definition) is 1. The minimum absolute atomic E-state index is 0.443. The average Bonchev–Trinajstić information content (AvgIpc) is 2.63. The van der Waals surface area contributed by atoms with Crippen LogP contribution in [0.2, 0.25) is 0 Å². The first-order valence-electron chi connectivity index (χ1n) is 4.21. The first kappa shape index (κ1) is 6.92. The molecule has 1 fully saturated rings. The van der Waals surface area contributed by atoms with E-state index in [1.807, 2.05) is 6.20 Å². The summed E-state index contributed by atoms with van der Waals surface area (Å²) in [6.07, 6.45) is 5.74. The molecule has 0 aromatic carbocycles. The number of nitrogens with one attached hydrogen (secondary N) is 1. The van der Waals surface area contributed by atoms with Gasteiger partial charge in [0.15, 0.2) is 0 Å². The lowest BCUT2D eigenvalue weighted by Crippen LogP contribution is -2.13. The second-order valence-electron chi connectivity index (χ2n) is 3.40. The summed E-state index contributed by atoms with van der Waals surface area (Å²) >= 11 is 0. The van der Waals surface area contributed by atoms with Crippen LogP contribution < -0.4 is 5.73 Å². The fourth-order valence-corrected chi connectivity index (χ4v) is 1.74. The van der Waals surface area contributed by atoms with Crippen LogP contribution in [0.4, 0.5) is 0 Å². The predicted molar refractivity (Wildman–Crippen MR) is 45.4 cm³/mol. The zero-order chi connectivity index (χ0) is 7.73. The standard InChI is InChI=1S/C9H14N2/c10-6-5-9(3-4-9)8-2-1-7-11-8/h1-2,7,11H,3-6,10H2. The molecule has 0 amide bonds. The van der Waals surface area contributed by atoms with Crippen LogP contribution in [0.5, 0.6) is 0 Å². The van der Waals surface area contributed by atoms with Crippen molar-refractivity contribution in [3.05, 3.63) is 24.0 Å². The van der Waals surface area contributed by atoms with Crippen molar-refractivity contribution in [3.63, 3.8) is 0 Å². The molecule has 11 heavy (non-hydrogen) atoms. The number of hydrogen-bond donors (Lipinski definition) is 2. The highest BCUT2D eigenvalue weighted by Crippen LogP contribution is 2.49. The molecule has 3 N–H and O–H groups in total. The highest BCUT2D eigenvalue weighted by molar-refractivity contribution is 5.24. The summed E-state index contributed by atoms with van der Waals surface area (Å²) in [6, 6.07) is 4.23. The summed E-state index contributed by atoms with van der Waals surface area (Å²) in [5.74, 6) is 0. The lowest BCUT2D eigenvalue weighted by atomic mass is 9.99. The first-order valence-corrected chi connectivity index (χ1v) is 4.21. The quantitative estimate of drug-likeness (QED) is 0.671. The molecule has 60 valence electrons. The molecule has 2 heteroatoms. The largest absolute Gasteiger partial charge is 0.365 e. The summed E-state index contributed by atoms with van der Waals surface area (Å²) in [5.41, 5.74) is 7.37. The Morgan fingerprint density at radius 2 is 2.36 bits per heavy atom. The van der Waals surface area contributed by atoms with Gasteiger partial charge in [-0.05, 0) is 37.9 Å². The van der Waals surface area contributed by atoms with E-state index in [1.54, 1.807) is 0 Å². The normalized spacial score (nSPS) is 20.1. The van der Waals surface area contributed by atoms with E-state index in [9.17, 15) is 0 Å². The highest BCUT2D eigenvalue weighted by Gasteiger charge is 2.43. The average molecular weight is 150 g/mol. The third kappa shape index (κ3) is 1.07. The van der Waals surface area contributed by atoms with E-state index >= 15 is 0 Å². The second-order valence-corrected chi connectivity index (χ2v) is 3.40. The molecule has 0 radical (unpaired) electrons. The van der Waals surface area contributed by atoms with Gasteiger partial charge in [0.1, 0.15) is 0 Å². The zero-order valence-corrected chi connectivity index (χ0v) is 6.64. The fourth-order valence-electron chi connectivity index (χ4n) is 1.74. The van der Waals surface area contributed by atoms with Gasteiger partial charge < -0.3 is 10.7 Å². The molecule has 1 aromatic rings. The van der Waals surface area contributed by atoms with Gasteiger partial charge in [0, 0.05) is 17.3 Å². The molecule has 1 heterocycles. The van der Waals surface area contributed by atoms with E-state index < -0.39 is 0 Å². The van der Waals surface area contributed by atoms with Crippen molar-refractivity contribution in [1.29, 1.82) is 0 Å². The predicted octanol–water partition coefficient (Wildman–Crippen LogP) is 1.40. The van der Waals surface area contributed by atoms with E-state index in [0.29, 0.717) is 5.41 Å². The highest BCUT2D eigenvalue weighted by atomic mass is 14.7. The van der Waals surface area contributed by atoms with Crippen molar-refractivity contribution in [2.24, 2.45) is 5.73 Å². The zero-order valence-electron chi connectivity index (χ0n) is 6.64. The minimum atomic E-state index is 0.443. The first-order chi connectivity index (χ1) is 5.37. The monoisotopic (exact) mass is 150 g/mol. The molecule has 0 atom stereocenters. The topological polar surface area (TPSA) is 41.8 Å². The van der Waals surface area contributed by atoms with Gasteiger partial charge in [0.2, 0.25) is 0 Å². The van der Waals surface area contributed by atoms with Crippen LogP contribution in [-0.2, 0) is 5.41 Å². The molecule has 0 bridgehead atoms. The summed E-state index contributed by atoms with van der Waals surface area (Å²) in [6.45, 7) is 0.805. The van der Waals surface area contributed by atoms with Crippen LogP contribution in [-0.4, -0.2) is 11.5 Å². The maximum Gasteiger partial charge on any atom is 0.0210 e. The van der Waals surface area contributed by atoms with E-state index in [1.165, 1.54) is 18.5 Å². The molecule has 0 saturated heterocycles. The Hall–Kier alpha value is -0.760. The van der Waals surface area contributed by atoms with Gasteiger partial charge >= 0.3 is 0 Å². The van der Waals surface area contributed by atoms with Crippen molar-refractivity contribution < 1.29 is 0 Å².